The smallest absolute Gasteiger partial charge is 0.318 e. The Bertz CT molecular complexity index is 1630. The zero-order valence-corrected chi connectivity index (χ0v) is 26.9. The van der Waals surface area contributed by atoms with E-state index in [0.29, 0.717) is 38.8 Å². The molecule has 3 atom stereocenters. The van der Waals surface area contributed by atoms with Crippen LogP contribution in [0.4, 0.5) is 11.5 Å². The van der Waals surface area contributed by atoms with Gasteiger partial charge in [-0.25, -0.2) is 6.57 Å². The number of fused-ring (bicyclic) bond motifs is 2. The van der Waals surface area contributed by atoms with E-state index >= 15 is 0 Å². The van der Waals surface area contributed by atoms with Crippen LogP contribution in [0.1, 0.15) is 23.2 Å². The van der Waals surface area contributed by atoms with Crippen LogP contribution in [0.2, 0.25) is 0 Å². The first-order valence-electron chi connectivity index (χ1n) is 16.0. The van der Waals surface area contributed by atoms with Gasteiger partial charge in [0.25, 0.3) is 0 Å². The number of likely N-dealkylation sites (tertiary alicyclic amines) is 1. The molecule has 0 bridgehead atoms. The van der Waals surface area contributed by atoms with Crippen LogP contribution in [0.5, 0.6) is 6.01 Å². The molecule has 0 unspecified atom stereocenters. The molecule has 3 aliphatic rings. The Morgan fingerprint density at radius 1 is 1.11 bits per heavy atom. The second kappa shape index (κ2) is 14.0. The maximum absolute atomic E-state index is 12.9. The normalized spacial score (nSPS) is 22.0. The van der Waals surface area contributed by atoms with E-state index in [1.165, 1.54) is 34.2 Å². The van der Waals surface area contributed by atoms with Gasteiger partial charge in [0, 0.05) is 68.6 Å². The number of anilines is 2. The van der Waals surface area contributed by atoms with Gasteiger partial charge in [-0.1, -0.05) is 36.4 Å². The fourth-order valence-electron chi connectivity index (χ4n) is 7.10. The molecule has 1 N–H and O–H groups in total. The third-order valence-corrected chi connectivity index (χ3v) is 9.58. The molecule has 11 heteroatoms. The Hall–Kier alpha value is -4.24. The Labute approximate surface area is 270 Å². The molecule has 242 valence electrons. The molecule has 2 saturated heterocycles. The van der Waals surface area contributed by atoms with Crippen molar-refractivity contribution in [3.8, 4) is 6.01 Å². The molecule has 2 fully saturated rings. The lowest BCUT2D eigenvalue weighted by molar-refractivity contribution is -0.128. The number of carbonyl (C=O) groups excluding carboxylic acids is 1. The second-order valence-electron chi connectivity index (χ2n) is 12.4. The number of methoxy groups -OCH3 is 1. The number of aliphatic hydroxyl groups excluding tert-OH is 1. The van der Waals surface area contributed by atoms with Gasteiger partial charge in [-0.05, 0) is 43.8 Å². The number of aliphatic hydroxyl groups is 1. The first kappa shape index (κ1) is 31.7. The Balaban J connectivity index is 1.32. The highest BCUT2D eigenvalue weighted by Crippen LogP contribution is 2.36. The van der Waals surface area contributed by atoms with Gasteiger partial charge in [0.15, 0.2) is 0 Å². The van der Waals surface area contributed by atoms with E-state index in [2.05, 4.69) is 69.9 Å². The van der Waals surface area contributed by atoms with Gasteiger partial charge in [0.05, 0.1) is 24.9 Å². The van der Waals surface area contributed by atoms with Gasteiger partial charge >= 0.3 is 6.01 Å². The zero-order valence-electron chi connectivity index (χ0n) is 26.9. The molecule has 3 aliphatic heterocycles. The van der Waals surface area contributed by atoms with E-state index in [4.69, 9.17) is 31.1 Å². The van der Waals surface area contributed by atoms with Crippen molar-refractivity contribution in [2.24, 2.45) is 0 Å². The SMILES string of the molecule is [C-]#[N+]C[C@H]1CN(c2nc(OC[C@H]3C[C@@H](OC)CN3C)nc3c2CCN(c2cccc4cccc(C)c24)C3)CCN1C(=O)/C=C/CO. The van der Waals surface area contributed by atoms with Gasteiger partial charge < -0.3 is 34.1 Å². The predicted octanol–water partition coefficient (Wildman–Crippen LogP) is 3.08. The van der Waals surface area contributed by atoms with E-state index < -0.39 is 0 Å². The third-order valence-electron chi connectivity index (χ3n) is 9.58. The van der Waals surface area contributed by atoms with Crippen molar-refractivity contribution in [3.05, 3.63) is 76.8 Å². The summed E-state index contributed by atoms with van der Waals surface area (Å²) in [4.78, 5) is 35.1. The summed E-state index contributed by atoms with van der Waals surface area (Å²) < 4.78 is 11.9. The fourth-order valence-corrected chi connectivity index (χ4v) is 7.10. The van der Waals surface area contributed by atoms with Crippen LogP contribution in [-0.4, -0.2) is 116 Å². The van der Waals surface area contributed by atoms with Crippen molar-refractivity contribution in [2.75, 3.05) is 76.4 Å². The number of nitrogens with zero attached hydrogens (tertiary/aromatic N) is 7. The second-order valence-corrected chi connectivity index (χ2v) is 12.4. The Kier molecular flexibility index (Phi) is 9.68. The van der Waals surface area contributed by atoms with Gasteiger partial charge in [0.1, 0.15) is 18.5 Å². The van der Waals surface area contributed by atoms with Crippen molar-refractivity contribution in [3.63, 3.8) is 0 Å². The molecule has 1 amide bonds. The molecule has 6 rings (SSSR count). The molecule has 3 aromatic rings. The van der Waals surface area contributed by atoms with Crippen molar-refractivity contribution < 1.29 is 19.4 Å². The van der Waals surface area contributed by atoms with E-state index in [1.807, 2.05) is 0 Å². The van der Waals surface area contributed by atoms with Gasteiger partial charge in [-0.3, -0.25) is 9.69 Å². The highest BCUT2D eigenvalue weighted by Gasteiger charge is 2.35. The van der Waals surface area contributed by atoms with Crippen LogP contribution in [0.25, 0.3) is 15.6 Å². The number of amides is 1. The number of ether oxygens (including phenoxy) is 2. The largest absolute Gasteiger partial charge is 0.462 e. The number of aromatic nitrogens is 2. The van der Waals surface area contributed by atoms with E-state index in [-0.39, 0.29) is 37.2 Å². The quantitative estimate of drug-likeness (QED) is 0.284. The predicted molar refractivity (Wildman–Crippen MR) is 178 cm³/mol. The molecule has 2 aromatic carbocycles. The number of benzene rings is 2. The van der Waals surface area contributed by atoms with Crippen LogP contribution in [0, 0.1) is 13.5 Å². The van der Waals surface area contributed by atoms with Crippen LogP contribution in [0.3, 0.4) is 0 Å². The zero-order chi connectivity index (χ0) is 32.2. The Morgan fingerprint density at radius 3 is 2.70 bits per heavy atom. The molecule has 1 aromatic heterocycles. The lowest BCUT2D eigenvalue weighted by Crippen LogP contribution is -2.56. The summed E-state index contributed by atoms with van der Waals surface area (Å²) >= 11 is 0. The number of hydrogen-bond acceptors (Lipinski definition) is 9. The maximum Gasteiger partial charge on any atom is 0.318 e. The van der Waals surface area contributed by atoms with Crippen LogP contribution in [-0.2, 0) is 22.5 Å². The standard InChI is InChI=1S/C35H43N7O4/c1-24-8-5-9-25-10-6-11-31(33(24)25)40-14-13-29-30(22-40)37-35(46-23-26-18-28(45-4)21-39(26)3)38-34(29)41-15-16-42(27(20-41)19-36-2)32(44)12-7-17-43/h5-12,26-28,43H,13-23H2,1,3-4H3/b12-7+/t26-,27+,28-/m1/s1. The van der Waals surface area contributed by atoms with Crippen LogP contribution < -0.4 is 14.5 Å². The lowest BCUT2D eigenvalue weighted by atomic mass is 9.99. The number of rotatable bonds is 9. The molecule has 0 saturated carbocycles. The minimum Gasteiger partial charge on any atom is -0.462 e. The minimum absolute atomic E-state index is 0.182. The molecular weight excluding hydrogens is 582 g/mol. The summed E-state index contributed by atoms with van der Waals surface area (Å²) in [6, 6.07) is 13.1. The van der Waals surface area contributed by atoms with E-state index in [9.17, 15) is 4.79 Å². The molecule has 46 heavy (non-hydrogen) atoms. The third kappa shape index (κ3) is 6.51. The average molecular weight is 626 g/mol. The molecule has 11 nitrogen and oxygen atoms in total. The lowest BCUT2D eigenvalue weighted by Gasteiger charge is -2.41. The van der Waals surface area contributed by atoms with Crippen molar-refractivity contribution in [1.29, 1.82) is 0 Å². The van der Waals surface area contributed by atoms with Gasteiger partial charge in [0.2, 0.25) is 12.5 Å². The fraction of sp³-hybridized carbons (Fsp3) is 0.486. The summed E-state index contributed by atoms with van der Waals surface area (Å²) in [6.45, 7) is 14.0. The average Bonchev–Trinajstić information content (AvgIpc) is 3.44. The van der Waals surface area contributed by atoms with Crippen molar-refractivity contribution in [1.82, 2.24) is 19.8 Å². The molecule has 0 aliphatic carbocycles. The highest BCUT2D eigenvalue weighted by atomic mass is 16.5. The first-order chi connectivity index (χ1) is 22.4. The van der Waals surface area contributed by atoms with Crippen LogP contribution >= 0.6 is 0 Å². The number of likely N-dealkylation sites (N-methyl/N-ethyl adjacent to an activating group) is 1. The summed E-state index contributed by atoms with van der Waals surface area (Å²) in [7, 11) is 3.84. The van der Waals surface area contributed by atoms with Crippen LogP contribution in [0.15, 0.2) is 48.6 Å². The van der Waals surface area contributed by atoms with E-state index in [0.717, 1.165) is 43.0 Å². The van der Waals surface area contributed by atoms with Gasteiger partial charge in [-0.15, -0.1) is 0 Å². The monoisotopic (exact) mass is 625 g/mol. The van der Waals surface area contributed by atoms with Crippen molar-refractivity contribution in [2.45, 2.75) is 44.5 Å². The number of piperazine rings is 1. The highest BCUT2D eigenvalue weighted by molar-refractivity contribution is 5.97. The number of hydrogen-bond donors (Lipinski definition) is 1. The maximum atomic E-state index is 12.9. The molecule has 0 radical (unpaired) electrons. The number of carbonyl (C=O) groups is 1. The number of aryl methyl sites for hydroxylation is 1. The summed E-state index contributed by atoms with van der Waals surface area (Å²) in [5.41, 5.74) is 4.48. The summed E-state index contributed by atoms with van der Waals surface area (Å²) in [6.07, 6.45) is 4.66. The Morgan fingerprint density at radius 2 is 1.93 bits per heavy atom. The topological polar surface area (TPSA) is 98.9 Å². The van der Waals surface area contributed by atoms with Crippen molar-refractivity contribution >= 4 is 28.2 Å². The molecular formula is C35H43N7O4. The molecule has 0 spiro atoms. The van der Waals surface area contributed by atoms with Gasteiger partial charge in [-0.2, -0.15) is 9.97 Å². The minimum atomic E-state index is -0.297. The van der Waals surface area contributed by atoms with E-state index in [1.54, 1.807) is 12.0 Å². The summed E-state index contributed by atoms with van der Waals surface area (Å²) in [5.74, 6) is 0.642. The first-order valence-corrected chi connectivity index (χ1v) is 16.0. The molecule has 4 heterocycles. The summed E-state index contributed by atoms with van der Waals surface area (Å²) in [5, 5.41) is 11.6.